The number of aromatic nitrogens is 2. The largest absolute Gasteiger partial charge is 0.573 e. The quantitative estimate of drug-likeness (QED) is 0.910. The molecule has 5 nitrogen and oxygen atoms in total. The van der Waals surface area contributed by atoms with Crippen LogP contribution in [0.2, 0.25) is 0 Å². The van der Waals surface area contributed by atoms with Gasteiger partial charge in [0, 0.05) is 4.47 Å². The van der Waals surface area contributed by atoms with Gasteiger partial charge in [-0.3, -0.25) is 0 Å². The Morgan fingerprint density at radius 1 is 1.35 bits per heavy atom. The first kappa shape index (κ1) is 14.6. The second kappa shape index (κ2) is 5.70. The molecule has 0 saturated carbocycles. The molecule has 1 aromatic carbocycles. The summed E-state index contributed by atoms with van der Waals surface area (Å²) in [6.45, 7) is 1.85. The number of hydrogen-bond acceptors (Lipinski definition) is 5. The average molecular weight is 352 g/mol. The summed E-state index contributed by atoms with van der Waals surface area (Å²) in [5.74, 6) is -0.332. The zero-order chi connectivity index (χ0) is 14.8. The summed E-state index contributed by atoms with van der Waals surface area (Å²) in [6, 6.07) is 4.29. The number of nitrogens with zero attached hydrogens (tertiary/aromatic N) is 2. The topological polar surface area (TPSA) is 60.2 Å². The molecule has 1 N–H and O–H groups in total. The molecular formula is C11H9BrF3N3O2. The molecule has 0 amide bonds. The zero-order valence-corrected chi connectivity index (χ0v) is 11.7. The van der Waals surface area contributed by atoms with Crippen LogP contribution in [0.4, 0.5) is 18.9 Å². The molecule has 0 bridgehead atoms. The molecule has 0 saturated heterocycles. The van der Waals surface area contributed by atoms with Crippen LogP contribution in [0, 0.1) is 6.92 Å². The normalized spacial score (nSPS) is 11.4. The highest BCUT2D eigenvalue weighted by Crippen LogP contribution is 2.33. The van der Waals surface area contributed by atoms with E-state index in [0.29, 0.717) is 15.9 Å². The van der Waals surface area contributed by atoms with Crippen molar-refractivity contribution in [1.82, 2.24) is 10.3 Å². The van der Waals surface area contributed by atoms with Crippen LogP contribution in [0.15, 0.2) is 27.3 Å². The molecule has 2 rings (SSSR count). The molecule has 0 radical (unpaired) electrons. The first-order valence-corrected chi connectivity index (χ1v) is 6.21. The SMILES string of the molecule is Cc1nonc1CNc1ccc(Br)cc1OC(F)(F)F. The van der Waals surface area contributed by atoms with Crippen molar-refractivity contribution in [3.05, 3.63) is 34.1 Å². The highest BCUT2D eigenvalue weighted by atomic mass is 79.9. The molecule has 0 aliphatic heterocycles. The molecule has 0 fully saturated rings. The third kappa shape index (κ3) is 3.86. The van der Waals surface area contributed by atoms with E-state index in [0.717, 1.165) is 0 Å². The monoisotopic (exact) mass is 351 g/mol. The molecule has 0 atom stereocenters. The van der Waals surface area contributed by atoms with Gasteiger partial charge in [-0.05, 0) is 25.1 Å². The summed E-state index contributed by atoms with van der Waals surface area (Å²) in [6.07, 6.45) is -4.76. The lowest BCUT2D eigenvalue weighted by atomic mass is 10.2. The first-order chi connectivity index (χ1) is 9.35. The minimum absolute atomic E-state index is 0.172. The van der Waals surface area contributed by atoms with E-state index >= 15 is 0 Å². The van der Waals surface area contributed by atoms with Crippen LogP contribution in [-0.2, 0) is 6.54 Å². The third-order valence-electron chi connectivity index (χ3n) is 2.36. The fourth-order valence-corrected chi connectivity index (χ4v) is 1.78. The minimum Gasteiger partial charge on any atom is -0.404 e. The maximum absolute atomic E-state index is 12.3. The number of halogens is 4. The van der Waals surface area contributed by atoms with Gasteiger partial charge in [-0.25, -0.2) is 4.63 Å². The molecule has 0 aliphatic rings. The molecule has 9 heteroatoms. The summed E-state index contributed by atoms with van der Waals surface area (Å²) in [5.41, 5.74) is 1.26. The van der Waals surface area contributed by atoms with E-state index in [4.69, 9.17) is 0 Å². The first-order valence-electron chi connectivity index (χ1n) is 5.42. The number of ether oxygens (including phenoxy) is 1. The molecular weight excluding hydrogens is 343 g/mol. The highest BCUT2D eigenvalue weighted by Gasteiger charge is 2.32. The average Bonchev–Trinajstić information content (AvgIpc) is 2.72. The predicted molar refractivity (Wildman–Crippen MR) is 67.2 cm³/mol. The van der Waals surface area contributed by atoms with Crippen LogP contribution in [0.5, 0.6) is 5.75 Å². The summed E-state index contributed by atoms with van der Waals surface area (Å²) >= 11 is 3.09. The summed E-state index contributed by atoms with van der Waals surface area (Å²) in [7, 11) is 0. The van der Waals surface area contributed by atoms with Gasteiger partial charge in [0.25, 0.3) is 0 Å². The predicted octanol–water partition coefficient (Wildman–Crippen LogP) is 3.65. The fourth-order valence-electron chi connectivity index (χ4n) is 1.44. The van der Waals surface area contributed by atoms with Gasteiger partial charge in [-0.2, -0.15) is 0 Å². The Labute approximate surface area is 120 Å². The Morgan fingerprint density at radius 2 is 2.10 bits per heavy atom. The number of alkyl halides is 3. The Bertz CT molecular complexity index is 601. The van der Waals surface area contributed by atoms with Crippen LogP contribution in [0.1, 0.15) is 11.4 Å². The van der Waals surface area contributed by atoms with Gasteiger partial charge in [0.1, 0.15) is 11.4 Å². The lowest BCUT2D eigenvalue weighted by Crippen LogP contribution is -2.18. The van der Waals surface area contributed by atoms with Crippen molar-refractivity contribution in [2.24, 2.45) is 0 Å². The van der Waals surface area contributed by atoms with Crippen LogP contribution >= 0.6 is 15.9 Å². The van der Waals surface area contributed by atoms with E-state index in [2.05, 4.69) is 40.9 Å². The van der Waals surface area contributed by atoms with E-state index < -0.39 is 6.36 Å². The van der Waals surface area contributed by atoms with Gasteiger partial charge in [-0.1, -0.05) is 26.2 Å². The lowest BCUT2D eigenvalue weighted by molar-refractivity contribution is -0.274. The molecule has 108 valence electrons. The number of rotatable bonds is 4. The molecule has 1 heterocycles. The van der Waals surface area contributed by atoms with Crippen molar-refractivity contribution in [3.63, 3.8) is 0 Å². The zero-order valence-electron chi connectivity index (χ0n) is 10.2. The van der Waals surface area contributed by atoms with Crippen LogP contribution < -0.4 is 10.1 Å². The molecule has 0 aliphatic carbocycles. The molecule has 0 spiro atoms. The van der Waals surface area contributed by atoms with Gasteiger partial charge >= 0.3 is 6.36 Å². The van der Waals surface area contributed by atoms with Crippen molar-refractivity contribution in [2.45, 2.75) is 19.8 Å². The lowest BCUT2D eigenvalue weighted by Gasteiger charge is -2.14. The van der Waals surface area contributed by atoms with E-state index in [-0.39, 0.29) is 18.0 Å². The Hall–Kier alpha value is -1.77. The fraction of sp³-hybridized carbons (Fsp3) is 0.273. The van der Waals surface area contributed by atoms with Crippen molar-refractivity contribution in [2.75, 3.05) is 5.32 Å². The van der Waals surface area contributed by atoms with Gasteiger partial charge in [0.2, 0.25) is 0 Å². The minimum atomic E-state index is -4.76. The number of hydrogen-bond donors (Lipinski definition) is 1. The van der Waals surface area contributed by atoms with E-state index in [1.165, 1.54) is 12.1 Å². The van der Waals surface area contributed by atoms with Crippen LogP contribution in [-0.4, -0.2) is 16.7 Å². The maximum Gasteiger partial charge on any atom is 0.573 e. The maximum atomic E-state index is 12.3. The standard InChI is InChI=1S/C11H9BrF3N3O2/c1-6-9(18-20-17-6)5-16-8-3-2-7(12)4-10(8)19-11(13,14)15/h2-4,16H,5H2,1H3. The van der Waals surface area contributed by atoms with Crippen molar-refractivity contribution >= 4 is 21.6 Å². The Morgan fingerprint density at radius 3 is 2.70 bits per heavy atom. The number of aryl methyl sites for hydroxylation is 1. The van der Waals surface area contributed by atoms with Gasteiger partial charge < -0.3 is 10.1 Å². The second-order valence-electron chi connectivity index (χ2n) is 3.84. The van der Waals surface area contributed by atoms with Crippen molar-refractivity contribution in [1.29, 1.82) is 0 Å². The molecule has 2 aromatic rings. The molecule has 20 heavy (non-hydrogen) atoms. The number of nitrogens with one attached hydrogen (secondary N) is 1. The summed E-state index contributed by atoms with van der Waals surface area (Å²) in [5, 5.41) is 10.0. The Kier molecular flexibility index (Phi) is 4.17. The molecule has 1 aromatic heterocycles. The van der Waals surface area contributed by atoms with Crippen LogP contribution in [0.25, 0.3) is 0 Å². The summed E-state index contributed by atoms with van der Waals surface area (Å²) in [4.78, 5) is 0. The van der Waals surface area contributed by atoms with Crippen molar-refractivity contribution < 1.29 is 22.5 Å². The van der Waals surface area contributed by atoms with E-state index in [1.807, 2.05) is 0 Å². The van der Waals surface area contributed by atoms with Gasteiger partial charge in [0.05, 0.1) is 12.2 Å². The number of anilines is 1. The summed E-state index contributed by atoms with van der Waals surface area (Å²) < 4.78 is 45.9. The highest BCUT2D eigenvalue weighted by molar-refractivity contribution is 9.10. The van der Waals surface area contributed by atoms with Gasteiger partial charge in [0.15, 0.2) is 5.75 Å². The van der Waals surface area contributed by atoms with E-state index in [1.54, 1.807) is 13.0 Å². The second-order valence-corrected chi connectivity index (χ2v) is 4.75. The smallest absolute Gasteiger partial charge is 0.404 e. The number of benzene rings is 1. The van der Waals surface area contributed by atoms with E-state index in [9.17, 15) is 13.2 Å². The van der Waals surface area contributed by atoms with Crippen molar-refractivity contribution in [3.8, 4) is 5.75 Å². The van der Waals surface area contributed by atoms with Crippen LogP contribution in [0.3, 0.4) is 0 Å². The Balaban J connectivity index is 2.16. The van der Waals surface area contributed by atoms with Gasteiger partial charge in [-0.15, -0.1) is 13.2 Å². The molecule has 0 unspecified atom stereocenters. The third-order valence-corrected chi connectivity index (χ3v) is 2.86.